The first-order valence-corrected chi connectivity index (χ1v) is 8.00. The number of benzene rings is 1. The number of carbonyl (C=O) groups excluding carboxylic acids is 1. The molecule has 1 aliphatic heterocycles. The molecule has 3 rings (SSSR count). The quantitative estimate of drug-likeness (QED) is 0.866. The average Bonchev–Trinajstić information content (AvgIpc) is 3.11. The Labute approximate surface area is 135 Å². The first kappa shape index (κ1) is 15.5. The Bertz CT molecular complexity index is 666. The minimum absolute atomic E-state index is 0.101. The maximum atomic E-state index is 12.1. The van der Waals surface area contributed by atoms with Crippen molar-refractivity contribution in [1.82, 2.24) is 15.0 Å². The van der Waals surface area contributed by atoms with E-state index in [0.29, 0.717) is 18.1 Å². The number of piperidine rings is 1. The summed E-state index contributed by atoms with van der Waals surface area (Å²) < 4.78 is 10.6. The van der Waals surface area contributed by atoms with Crippen molar-refractivity contribution >= 4 is 5.91 Å². The van der Waals surface area contributed by atoms with E-state index in [1.807, 2.05) is 36.1 Å². The molecule has 0 N–H and O–H groups in total. The van der Waals surface area contributed by atoms with E-state index in [2.05, 4.69) is 10.1 Å². The molecular formula is C17H21N3O3. The number of amides is 1. The normalized spacial score (nSPS) is 18.0. The highest BCUT2D eigenvalue weighted by Crippen LogP contribution is 2.31. The van der Waals surface area contributed by atoms with Gasteiger partial charge in [-0.1, -0.05) is 12.1 Å². The standard InChI is InChI=1S/C17H21N3O3/c1-3-15(21)20-11-5-4-6-14(20)17-18-16(19-23-17)12-7-9-13(22-2)10-8-12/h7-10,14H,3-6,11H2,1-2H3/t14-/m0/s1. The van der Waals surface area contributed by atoms with E-state index in [-0.39, 0.29) is 11.9 Å². The molecular weight excluding hydrogens is 294 g/mol. The summed E-state index contributed by atoms with van der Waals surface area (Å²) in [5, 5.41) is 4.07. The third-order valence-electron chi connectivity index (χ3n) is 4.20. The van der Waals surface area contributed by atoms with Gasteiger partial charge in [0, 0.05) is 18.5 Å². The zero-order valence-corrected chi connectivity index (χ0v) is 13.5. The van der Waals surface area contributed by atoms with Gasteiger partial charge in [-0.15, -0.1) is 0 Å². The molecule has 0 spiro atoms. The van der Waals surface area contributed by atoms with Gasteiger partial charge in [-0.05, 0) is 43.5 Å². The smallest absolute Gasteiger partial charge is 0.249 e. The number of likely N-dealkylation sites (tertiary alicyclic amines) is 1. The molecule has 0 bridgehead atoms. The van der Waals surface area contributed by atoms with Crippen molar-refractivity contribution in [3.8, 4) is 17.1 Å². The number of aromatic nitrogens is 2. The molecule has 1 atom stereocenters. The SMILES string of the molecule is CCC(=O)N1CCCC[C@H]1c1nc(-c2ccc(OC)cc2)no1. The van der Waals surface area contributed by atoms with Crippen molar-refractivity contribution in [2.45, 2.75) is 38.6 Å². The van der Waals surface area contributed by atoms with Crippen molar-refractivity contribution in [2.75, 3.05) is 13.7 Å². The number of rotatable bonds is 4. The molecule has 0 unspecified atom stereocenters. The van der Waals surface area contributed by atoms with Gasteiger partial charge in [0.15, 0.2) is 0 Å². The molecule has 1 fully saturated rings. The van der Waals surface area contributed by atoms with Gasteiger partial charge in [-0.2, -0.15) is 4.98 Å². The number of carbonyl (C=O) groups is 1. The molecule has 2 heterocycles. The van der Waals surface area contributed by atoms with Crippen LogP contribution in [-0.4, -0.2) is 34.6 Å². The molecule has 1 aromatic carbocycles. The Morgan fingerprint density at radius 3 is 2.83 bits per heavy atom. The van der Waals surface area contributed by atoms with Crippen molar-refractivity contribution < 1.29 is 14.1 Å². The molecule has 23 heavy (non-hydrogen) atoms. The maximum absolute atomic E-state index is 12.1. The van der Waals surface area contributed by atoms with Gasteiger partial charge in [-0.3, -0.25) is 4.79 Å². The minimum Gasteiger partial charge on any atom is -0.497 e. The summed E-state index contributed by atoms with van der Waals surface area (Å²) in [6.07, 6.45) is 3.46. The fourth-order valence-corrected chi connectivity index (χ4v) is 2.92. The summed E-state index contributed by atoms with van der Waals surface area (Å²) in [4.78, 5) is 18.5. The third-order valence-corrected chi connectivity index (χ3v) is 4.20. The number of methoxy groups -OCH3 is 1. The zero-order valence-electron chi connectivity index (χ0n) is 13.5. The van der Waals surface area contributed by atoms with Gasteiger partial charge < -0.3 is 14.2 Å². The zero-order chi connectivity index (χ0) is 16.2. The van der Waals surface area contributed by atoms with E-state index >= 15 is 0 Å². The Balaban J connectivity index is 1.83. The van der Waals surface area contributed by atoms with Crippen molar-refractivity contribution in [3.63, 3.8) is 0 Å². The number of ether oxygens (including phenoxy) is 1. The lowest BCUT2D eigenvalue weighted by atomic mass is 10.0. The van der Waals surface area contributed by atoms with Crippen LogP contribution in [0.3, 0.4) is 0 Å². The van der Waals surface area contributed by atoms with Gasteiger partial charge in [0.1, 0.15) is 11.8 Å². The summed E-state index contributed by atoms with van der Waals surface area (Å²) in [7, 11) is 1.63. The fraction of sp³-hybridized carbons (Fsp3) is 0.471. The van der Waals surface area contributed by atoms with Crippen LogP contribution >= 0.6 is 0 Å². The molecule has 1 aliphatic rings. The Kier molecular flexibility index (Phi) is 4.60. The lowest BCUT2D eigenvalue weighted by molar-refractivity contribution is -0.135. The lowest BCUT2D eigenvalue weighted by Gasteiger charge is -2.33. The van der Waals surface area contributed by atoms with Crippen LogP contribution in [0, 0.1) is 0 Å². The van der Waals surface area contributed by atoms with Crippen LogP contribution in [0.4, 0.5) is 0 Å². The Morgan fingerprint density at radius 1 is 1.35 bits per heavy atom. The minimum atomic E-state index is -0.101. The van der Waals surface area contributed by atoms with Crippen LogP contribution in [0.1, 0.15) is 44.5 Å². The van der Waals surface area contributed by atoms with E-state index < -0.39 is 0 Å². The number of hydrogen-bond donors (Lipinski definition) is 0. The van der Waals surface area contributed by atoms with Crippen LogP contribution in [0.5, 0.6) is 5.75 Å². The van der Waals surface area contributed by atoms with Crippen molar-refractivity contribution in [2.24, 2.45) is 0 Å². The second-order valence-corrected chi connectivity index (χ2v) is 5.64. The highest BCUT2D eigenvalue weighted by molar-refractivity contribution is 5.76. The maximum Gasteiger partial charge on any atom is 0.249 e. The van der Waals surface area contributed by atoms with Crippen LogP contribution in [-0.2, 0) is 4.79 Å². The molecule has 2 aromatic rings. The van der Waals surface area contributed by atoms with Crippen LogP contribution in [0.15, 0.2) is 28.8 Å². The molecule has 0 aliphatic carbocycles. The summed E-state index contributed by atoms with van der Waals surface area (Å²) in [6.45, 7) is 2.64. The Hall–Kier alpha value is -2.37. The fourth-order valence-electron chi connectivity index (χ4n) is 2.92. The average molecular weight is 315 g/mol. The van der Waals surface area contributed by atoms with Crippen LogP contribution < -0.4 is 4.74 Å². The van der Waals surface area contributed by atoms with Crippen molar-refractivity contribution in [3.05, 3.63) is 30.2 Å². The second kappa shape index (κ2) is 6.81. The number of nitrogens with zero attached hydrogens (tertiary/aromatic N) is 3. The Morgan fingerprint density at radius 2 is 2.13 bits per heavy atom. The molecule has 1 aromatic heterocycles. The van der Waals surface area contributed by atoms with Crippen LogP contribution in [0.2, 0.25) is 0 Å². The highest BCUT2D eigenvalue weighted by atomic mass is 16.5. The third kappa shape index (κ3) is 3.21. The first-order valence-electron chi connectivity index (χ1n) is 8.00. The highest BCUT2D eigenvalue weighted by Gasteiger charge is 2.31. The van der Waals surface area contributed by atoms with E-state index in [4.69, 9.17) is 9.26 Å². The van der Waals surface area contributed by atoms with Gasteiger partial charge >= 0.3 is 0 Å². The topological polar surface area (TPSA) is 68.5 Å². The molecule has 6 heteroatoms. The van der Waals surface area contributed by atoms with E-state index in [9.17, 15) is 4.79 Å². The van der Waals surface area contributed by atoms with Gasteiger partial charge in [0.2, 0.25) is 17.6 Å². The molecule has 0 saturated carbocycles. The second-order valence-electron chi connectivity index (χ2n) is 5.64. The molecule has 6 nitrogen and oxygen atoms in total. The molecule has 1 amide bonds. The van der Waals surface area contributed by atoms with E-state index in [1.54, 1.807) is 7.11 Å². The summed E-state index contributed by atoms with van der Waals surface area (Å²) in [5.74, 6) is 1.98. The predicted octanol–water partition coefficient (Wildman–Crippen LogP) is 3.21. The molecule has 1 saturated heterocycles. The van der Waals surface area contributed by atoms with E-state index in [1.165, 1.54) is 0 Å². The van der Waals surface area contributed by atoms with Gasteiger partial charge in [-0.25, -0.2) is 0 Å². The summed E-state index contributed by atoms with van der Waals surface area (Å²) >= 11 is 0. The summed E-state index contributed by atoms with van der Waals surface area (Å²) in [5.41, 5.74) is 0.866. The predicted molar refractivity (Wildman–Crippen MR) is 84.9 cm³/mol. The largest absolute Gasteiger partial charge is 0.497 e. The van der Waals surface area contributed by atoms with Crippen LogP contribution in [0.25, 0.3) is 11.4 Å². The van der Waals surface area contributed by atoms with Gasteiger partial charge in [0.05, 0.1) is 7.11 Å². The van der Waals surface area contributed by atoms with Crippen molar-refractivity contribution in [1.29, 1.82) is 0 Å². The first-order chi connectivity index (χ1) is 11.2. The molecule has 122 valence electrons. The molecule has 0 radical (unpaired) electrons. The lowest BCUT2D eigenvalue weighted by Crippen LogP contribution is -2.38. The number of hydrogen-bond acceptors (Lipinski definition) is 5. The monoisotopic (exact) mass is 315 g/mol. The summed E-state index contributed by atoms with van der Waals surface area (Å²) in [6, 6.07) is 7.40. The van der Waals surface area contributed by atoms with E-state index in [0.717, 1.165) is 37.1 Å². The van der Waals surface area contributed by atoms with Gasteiger partial charge in [0.25, 0.3) is 0 Å².